The van der Waals surface area contributed by atoms with Crippen LogP contribution < -0.4 is 16.0 Å². The third kappa shape index (κ3) is 4.73. The van der Waals surface area contributed by atoms with Gasteiger partial charge in [0.05, 0.1) is 0 Å². The molecule has 0 radical (unpaired) electrons. The highest BCUT2D eigenvalue weighted by atomic mass is 15.3. The molecule has 1 atom stereocenters. The first-order valence-electron chi connectivity index (χ1n) is 8.08. The number of likely N-dealkylation sites (N-methyl/N-ethyl adjacent to an activating group) is 1. The highest BCUT2D eigenvalue weighted by Crippen LogP contribution is 2.22. The summed E-state index contributed by atoms with van der Waals surface area (Å²) in [7, 11) is 2.16. The van der Waals surface area contributed by atoms with Crippen molar-refractivity contribution in [2.75, 3.05) is 49.2 Å². The average Bonchev–Trinajstić information content (AvgIpc) is 2.40. The molecular weight excluding hydrogens is 276 g/mol. The van der Waals surface area contributed by atoms with Gasteiger partial charge in [-0.15, -0.1) is 0 Å². The van der Waals surface area contributed by atoms with E-state index in [1.165, 1.54) is 0 Å². The van der Waals surface area contributed by atoms with Gasteiger partial charge in [0.1, 0.15) is 11.6 Å². The van der Waals surface area contributed by atoms with Gasteiger partial charge in [0.2, 0.25) is 5.95 Å². The molecule has 2 rings (SSSR count). The number of hydrogen-bond donors (Lipinski definition) is 2. The van der Waals surface area contributed by atoms with Gasteiger partial charge in [-0.2, -0.15) is 9.97 Å². The van der Waals surface area contributed by atoms with E-state index in [9.17, 15) is 0 Å². The summed E-state index contributed by atoms with van der Waals surface area (Å²) in [6.45, 7) is 12.8. The first kappa shape index (κ1) is 16.8. The molecule has 0 amide bonds. The van der Waals surface area contributed by atoms with Crippen LogP contribution in [0.3, 0.4) is 0 Å². The minimum atomic E-state index is 0.307. The summed E-state index contributed by atoms with van der Waals surface area (Å²) in [5.41, 5.74) is 6.19. The summed E-state index contributed by atoms with van der Waals surface area (Å²) in [4.78, 5) is 13.4. The molecule has 1 aromatic rings. The van der Waals surface area contributed by atoms with Crippen LogP contribution in [0.4, 0.5) is 17.6 Å². The Morgan fingerprint density at radius 1 is 1.32 bits per heavy atom. The van der Waals surface area contributed by atoms with E-state index in [0.29, 0.717) is 17.4 Å². The number of nitrogen functional groups attached to an aromatic ring is 1. The molecular formula is C16H30N6. The van der Waals surface area contributed by atoms with Crippen molar-refractivity contribution in [2.24, 2.45) is 5.41 Å². The Kier molecular flexibility index (Phi) is 5.11. The first-order chi connectivity index (χ1) is 10.2. The largest absolute Gasteiger partial charge is 0.370 e. The molecule has 6 heteroatoms. The number of nitrogens with zero attached hydrogens (tertiary/aromatic N) is 4. The van der Waals surface area contributed by atoms with Gasteiger partial charge in [-0.3, -0.25) is 0 Å². The van der Waals surface area contributed by atoms with Gasteiger partial charge >= 0.3 is 0 Å². The van der Waals surface area contributed by atoms with Crippen LogP contribution in [-0.2, 0) is 0 Å². The number of nitrogens with two attached hydrogens (primary N) is 1. The van der Waals surface area contributed by atoms with Crippen LogP contribution >= 0.6 is 0 Å². The molecule has 2 heterocycles. The Morgan fingerprint density at radius 2 is 2.05 bits per heavy atom. The fourth-order valence-corrected chi connectivity index (χ4v) is 2.53. The number of anilines is 3. The second-order valence-corrected chi connectivity index (χ2v) is 7.48. The number of rotatable bonds is 4. The lowest BCUT2D eigenvalue weighted by Crippen LogP contribution is -2.50. The molecule has 1 aromatic heterocycles. The van der Waals surface area contributed by atoms with Crippen molar-refractivity contribution in [3.63, 3.8) is 0 Å². The number of piperazine rings is 1. The monoisotopic (exact) mass is 306 g/mol. The average molecular weight is 306 g/mol. The minimum Gasteiger partial charge on any atom is -0.370 e. The van der Waals surface area contributed by atoms with E-state index >= 15 is 0 Å². The van der Waals surface area contributed by atoms with Crippen molar-refractivity contribution in [2.45, 2.75) is 40.2 Å². The summed E-state index contributed by atoms with van der Waals surface area (Å²) in [6, 6.07) is 2.53. The van der Waals surface area contributed by atoms with Crippen molar-refractivity contribution in [1.82, 2.24) is 14.9 Å². The molecule has 0 spiro atoms. The normalized spacial score (nSPS) is 20.2. The number of nitrogens with one attached hydrogen (secondary N) is 1. The first-order valence-corrected chi connectivity index (χ1v) is 8.08. The van der Waals surface area contributed by atoms with Crippen molar-refractivity contribution in [3.05, 3.63) is 6.07 Å². The minimum absolute atomic E-state index is 0.307. The predicted octanol–water partition coefficient (Wildman–Crippen LogP) is 2.05. The fourth-order valence-electron chi connectivity index (χ4n) is 2.53. The zero-order valence-electron chi connectivity index (χ0n) is 14.6. The molecule has 1 saturated heterocycles. The van der Waals surface area contributed by atoms with E-state index in [1.54, 1.807) is 0 Å². The quantitative estimate of drug-likeness (QED) is 0.887. The molecule has 1 aliphatic heterocycles. The van der Waals surface area contributed by atoms with E-state index in [0.717, 1.165) is 44.2 Å². The van der Waals surface area contributed by atoms with Crippen LogP contribution in [0.25, 0.3) is 0 Å². The van der Waals surface area contributed by atoms with Gasteiger partial charge in [-0.05, 0) is 25.8 Å². The lowest BCUT2D eigenvalue weighted by atomic mass is 9.92. The Balaban J connectivity index is 2.03. The summed E-state index contributed by atoms with van der Waals surface area (Å²) in [6.07, 6.45) is 1.08. The third-order valence-electron chi connectivity index (χ3n) is 4.19. The molecule has 124 valence electrons. The molecule has 0 bridgehead atoms. The zero-order chi connectivity index (χ0) is 16.3. The highest BCUT2D eigenvalue weighted by Gasteiger charge is 2.22. The lowest BCUT2D eigenvalue weighted by Gasteiger charge is -2.38. The van der Waals surface area contributed by atoms with Gasteiger partial charge in [0, 0.05) is 38.3 Å². The molecule has 1 aliphatic rings. The Morgan fingerprint density at radius 3 is 2.68 bits per heavy atom. The summed E-state index contributed by atoms with van der Waals surface area (Å²) < 4.78 is 0. The van der Waals surface area contributed by atoms with Crippen LogP contribution in [0.2, 0.25) is 0 Å². The molecule has 22 heavy (non-hydrogen) atoms. The zero-order valence-corrected chi connectivity index (χ0v) is 14.6. The second-order valence-electron chi connectivity index (χ2n) is 7.48. The Labute approximate surface area is 134 Å². The molecule has 6 nitrogen and oxygen atoms in total. The van der Waals surface area contributed by atoms with Gasteiger partial charge in [-0.1, -0.05) is 20.8 Å². The van der Waals surface area contributed by atoms with Gasteiger partial charge in [-0.25, -0.2) is 0 Å². The van der Waals surface area contributed by atoms with Gasteiger partial charge in [0.15, 0.2) is 0 Å². The number of hydrogen-bond acceptors (Lipinski definition) is 6. The summed E-state index contributed by atoms with van der Waals surface area (Å²) >= 11 is 0. The second kappa shape index (κ2) is 6.69. The number of aromatic nitrogens is 2. The van der Waals surface area contributed by atoms with E-state index in [4.69, 9.17) is 5.73 Å². The van der Waals surface area contributed by atoms with Gasteiger partial charge in [0.25, 0.3) is 0 Å². The molecule has 1 fully saturated rings. The highest BCUT2D eigenvalue weighted by molar-refractivity contribution is 5.53. The van der Waals surface area contributed by atoms with Crippen LogP contribution in [0.15, 0.2) is 6.07 Å². The van der Waals surface area contributed by atoms with Crippen molar-refractivity contribution in [3.8, 4) is 0 Å². The van der Waals surface area contributed by atoms with E-state index < -0.39 is 0 Å². The fraction of sp³-hybridized carbons (Fsp3) is 0.750. The van der Waals surface area contributed by atoms with Crippen LogP contribution in [0.5, 0.6) is 0 Å². The standard InChI is InChI=1S/C16H30N6/c1-12-11-22(9-8-21(12)5)14-10-13(19-15(17)20-14)18-7-6-16(2,3)4/h10,12H,6-9,11H2,1-5H3,(H3,17,18,19,20). The van der Waals surface area contributed by atoms with Crippen LogP contribution in [0, 0.1) is 5.41 Å². The topological polar surface area (TPSA) is 70.3 Å². The maximum Gasteiger partial charge on any atom is 0.223 e. The smallest absolute Gasteiger partial charge is 0.223 e. The van der Waals surface area contributed by atoms with E-state index in [2.05, 4.69) is 59.8 Å². The lowest BCUT2D eigenvalue weighted by molar-refractivity contribution is 0.233. The van der Waals surface area contributed by atoms with Crippen molar-refractivity contribution >= 4 is 17.6 Å². The van der Waals surface area contributed by atoms with E-state index in [-0.39, 0.29) is 0 Å². The van der Waals surface area contributed by atoms with Crippen LogP contribution in [-0.4, -0.2) is 54.1 Å². The molecule has 3 N–H and O–H groups in total. The Bertz CT molecular complexity index is 496. The maximum absolute atomic E-state index is 5.89. The predicted molar refractivity (Wildman–Crippen MR) is 93.3 cm³/mol. The van der Waals surface area contributed by atoms with E-state index in [1.807, 2.05) is 6.07 Å². The molecule has 1 unspecified atom stereocenters. The molecule has 0 aliphatic carbocycles. The van der Waals surface area contributed by atoms with Gasteiger partial charge < -0.3 is 20.9 Å². The van der Waals surface area contributed by atoms with Crippen LogP contribution in [0.1, 0.15) is 34.1 Å². The summed E-state index contributed by atoms with van der Waals surface area (Å²) in [5, 5.41) is 3.37. The maximum atomic E-state index is 5.89. The van der Waals surface area contributed by atoms with Crippen molar-refractivity contribution < 1.29 is 0 Å². The SMILES string of the molecule is CC1CN(c2cc(NCCC(C)(C)C)nc(N)n2)CCN1C. The molecule has 0 aromatic carbocycles. The Hall–Kier alpha value is -1.56. The summed E-state index contributed by atoms with van der Waals surface area (Å²) in [5.74, 6) is 2.08. The molecule has 0 saturated carbocycles. The third-order valence-corrected chi connectivity index (χ3v) is 4.19. The van der Waals surface area contributed by atoms with Crippen molar-refractivity contribution in [1.29, 1.82) is 0 Å².